The molecule has 1 saturated heterocycles. The van der Waals surface area contributed by atoms with Crippen molar-refractivity contribution in [2.75, 3.05) is 20.7 Å². The monoisotopic (exact) mass is 486 g/mol. The van der Waals surface area contributed by atoms with E-state index in [9.17, 15) is 30.0 Å². The van der Waals surface area contributed by atoms with Crippen LogP contribution in [0.15, 0.2) is 42.5 Å². The Kier molecular flexibility index (Phi) is 9.36. The summed E-state index contributed by atoms with van der Waals surface area (Å²) in [4.78, 5) is 24.2. The van der Waals surface area contributed by atoms with Crippen molar-refractivity contribution in [2.24, 2.45) is 0 Å². The number of aliphatic hydroxyl groups excluding tert-OH is 4. The van der Waals surface area contributed by atoms with Gasteiger partial charge in [-0.1, -0.05) is 24.3 Å². The first-order valence-electron chi connectivity index (χ1n) is 11.8. The molecule has 1 aliphatic rings. The molecular weight excluding hydrogens is 452 g/mol. The fraction of sp³-hybridized carbons (Fsp3) is 0.462. The van der Waals surface area contributed by atoms with Crippen LogP contribution in [-0.2, 0) is 17.6 Å². The minimum absolute atomic E-state index is 0.147. The van der Waals surface area contributed by atoms with Crippen molar-refractivity contribution in [3.63, 3.8) is 0 Å². The minimum atomic E-state index is -1.38. The number of carbonyl (C=O) groups is 2. The Hall–Kier alpha value is -2.82. The van der Waals surface area contributed by atoms with Crippen LogP contribution in [-0.4, -0.2) is 77.4 Å². The first kappa shape index (κ1) is 26.8. The number of rotatable bonds is 9. The summed E-state index contributed by atoms with van der Waals surface area (Å²) in [6.07, 6.45) is -3.33. The van der Waals surface area contributed by atoms with Crippen LogP contribution >= 0.6 is 0 Å². The summed E-state index contributed by atoms with van der Waals surface area (Å²) in [7, 11) is 3.08. The Labute approximate surface area is 204 Å². The van der Waals surface area contributed by atoms with Gasteiger partial charge in [0.2, 0.25) is 0 Å². The molecule has 2 aromatic rings. The quantitative estimate of drug-likeness (QED) is 0.302. The van der Waals surface area contributed by atoms with Crippen LogP contribution in [0.3, 0.4) is 0 Å². The fourth-order valence-electron chi connectivity index (χ4n) is 4.40. The van der Waals surface area contributed by atoms with Crippen molar-refractivity contribution >= 4 is 11.8 Å². The zero-order valence-electron chi connectivity index (χ0n) is 20.0. The molecule has 1 heterocycles. The summed E-state index contributed by atoms with van der Waals surface area (Å²) >= 11 is 0. The molecule has 0 aliphatic carbocycles. The van der Waals surface area contributed by atoms with Crippen molar-refractivity contribution < 1.29 is 34.8 Å². The van der Waals surface area contributed by atoms with E-state index >= 15 is 0 Å². The molecule has 0 spiro atoms. The van der Waals surface area contributed by atoms with Gasteiger partial charge in [-0.3, -0.25) is 9.59 Å². The van der Waals surface area contributed by atoms with Gasteiger partial charge in [0, 0.05) is 31.8 Å². The molecule has 190 valence electrons. The van der Waals surface area contributed by atoms with Gasteiger partial charge < -0.3 is 35.8 Å². The lowest BCUT2D eigenvalue weighted by Crippen LogP contribution is -2.54. The number of ether oxygens (including phenoxy) is 1. The Morgan fingerprint density at radius 3 is 2.09 bits per heavy atom. The fourth-order valence-corrected chi connectivity index (χ4v) is 4.40. The predicted molar refractivity (Wildman–Crippen MR) is 129 cm³/mol. The minimum Gasteiger partial charge on any atom is -0.396 e. The second-order valence-electron chi connectivity index (χ2n) is 8.75. The molecule has 0 unspecified atom stereocenters. The molecule has 5 atom stereocenters. The zero-order valence-corrected chi connectivity index (χ0v) is 20.0. The lowest BCUT2D eigenvalue weighted by Gasteiger charge is -2.41. The molecule has 1 fully saturated rings. The Bertz CT molecular complexity index is 994. The molecule has 9 nitrogen and oxygen atoms in total. The number of aryl methyl sites for hydroxylation is 2. The SMILES string of the molecule is CNC(=O)c1cc(CCCc2cccc([C@H]3O[C@H](CCO)[C@@H](O)[C@H](O)[C@@H]3O)c2)cc(C(=O)NC)c1. The highest BCUT2D eigenvalue weighted by molar-refractivity contribution is 5.99. The number of carbonyl (C=O) groups excluding carboxylic acids is 2. The third kappa shape index (κ3) is 6.45. The van der Waals surface area contributed by atoms with E-state index in [-0.39, 0.29) is 24.8 Å². The highest BCUT2D eigenvalue weighted by atomic mass is 16.5. The Morgan fingerprint density at radius 2 is 1.49 bits per heavy atom. The van der Waals surface area contributed by atoms with Gasteiger partial charge in [0.1, 0.15) is 24.4 Å². The van der Waals surface area contributed by atoms with E-state index in [2.05, 4.69) is 10.6 Å². The maximum atomic E-state index is 12.1. The van der Waals surface area contributed by atoms with E-state index in [4.69, 9.17) is 4.74 Å². The van der Waals surface area contributed by atoms with Gasteiger partial charge in [-0.25, -0.2) is 0 Å². The molecule has 2 aromatic carbocycles. The first-order valence-corrected chi connectivity index (χ1v) is 11.8. The van der Waals surface area contributed by atoms with Crippen molar-refractivity contribution in [2.45, 2.75) is 56.2 Å². The van der Waals surface area contributed by atoms with Gasteiger partial charge in [-0.2, -0.15) is 0 Å². The van der Waals surface area contributed by atoms with Crippen molar-refractivity contribution in [3.05, 3.63) is 70.3 Å². The molecule has 2 amide bonds. The standard InChI is InChI=1S/C26H34N2O7/c1-27-25(33)18-12-16(13-19(14-18)26(34)28-2)7-3-5-15-6-4-8-17(11-15)24-23(32)22(31)21(30)20(35-24)9-10-29/h4,6,8,11-14,20-24,29-32H,3,5,7,9-10H2,1-2H3,(H,27,33)(H,28,34)/t20-,21-,22+,23+,24-/m1/s1. The van der Waals surface area contributed by atoms with E-state index in [1.165, 1.54) is 0 Å². The highest BCUT2D eigenvalue weighted by Crippen LogP contribution is 2.34. The normalized spacial score (nSPS) is 24.1. The van der Waals surface area contributed by atoms with E-state index in [1.807, 2.05) is 18.2 Å². The Morgan fingerprint density at radius 1 is 0.857 bits per heavy atom. The molecule has 35 heavy (non-hydrogen) atoms. The Balaban J connectivity index is 1.71. The van der Waals surface area contributed by atoms with Crippen LogP contribution in [0.25, 0.3) is 0 Å². The second kappa shape index (κ2) is 12.2. The molecule has 0 aromatic heterocycles. The van der Waals surface area contributed by atoms with Crippen LogP contribution in [0, 0.1) is 0 Å². The average molecular weight is 487 g/mol. The van der Waals surface area contributed by atoms with Gasteiger partial charge in [0.05, 0.1) is 6.10 Å². The molecule has 3 rings (SSSR count). The summed E-state index contributed by atoms with van der Waals surface area (Å²) in [5, 5.41) is 45.2. The second-order valence-corrected chi connectivity index (χ2v) is 8.75. The summed E-state index contributed by atoms with van der Waals surface area (Å²) < 4.78 is 5.83. The molecule has 0 saturated carbocycles. The van der Waals surface area contributed by atoms with Crippen LogP contribution in [0.2, 0.25) is 0 Å². The van der Waals surface area contributed by atoms with Gasteiger partial charge in [0.25, 0.3) is 11.8 Å². The van der Waals surface area contributed by atoms with E-state index in [0.29, 0.717) is 29.5 Å². The third-order valence-corrected chi connectivity index (χ3v) is 6.31. The summed E-state index contributed by atoms with van der Waals surface area (Å²) in [5.74, 6) is -0.523. The molecule has 9 heteroatoms. The van der Waals surface area contributed by atoms with Crippen molar-refractivity contribution in [1.82, 2.24) is 10.6 Å². The topological polar surface area (TPSA) is 148 Å². The summed E-state index contributed by atoms with van der Waals surface area (Å²) in [6, 6.07) is 12.6. The zero-order chi connectivity index (χ0) is 25.5. The predicted octanol–water partition coefficient (Wildman–Crippen LogP) is 0.486. The van der Waals surface area contributed by atoms with Gasteiger partial charge >= 0.3 is 0 Å². The van der Waals surface area contributed by atoms with Crippen molar-refractivity contribution in [3.8, 4) is 0 Å². The lowest BCUT2D eigenvalue weighted by molar-refractivity contribution is -0.227. The molecule has 0 radical (unpaired) electrons. The largest absolute Gasteiger partial charge is 0.396 e. The summed E-state index contributed by atoms with van der Waals surface area (Å²) in [5.41, 5.74) is 3.38. The van der Waals surface area contributed by atoms with Crippen molar-refractivity contribution in [1.29, 1.82) is 0 Å². The molecule has 1 aliphatic heterocycles. The first-order chi connectivity index (χ1) is 16.8. The van der Waals surface area contributed by atoms with Gasteiger partial charge in [0.15, 0.2) is 0 Å². The average Bonchev–Trinajstić information content (AvgIpc) is 2.88. The maximum Gasteiger partial charge on any atom is 0.251 e. The van der Waals surface area contributed by atoms with Crippen LogP contribution in [0.5, 0.6) is 0 Å². The number of hydrogen-bond acceptors (Lipinski definition) is 7. The number of nitrogens with one attached hydrogen (secondary N) is 2. The number of benzene rings is 2. The van der Waals surface area contributed by atoms with Crippen LogP contribution in [0.1, 0.15) is 56.4 Å². The maximum absolute atomic E-state index is 12.1. The van der Waals surface area contributed by atoms with Crippen LogP contribution in [0.4, 0.5) is 0 Å². The third-order valence-electron chi connectivity index (χ3n) is 6.31. The number of hydrogen-bond donors (Lipinski definition) is 6. The van der Waals surface area contributed by atoms with Gasteiger partial charge in [-0.15, -0.1) is 0 Å². The number of amides is 2. The summed E-state index contributed by atoms with van der Waals surface area (Å²) in [6.45, 7) is -0.208. The lowest BCUT2D eigenvalue weighted by atomic mass is 9.89. The smallest absolute Gasteiger partial charge is 0.251 e. The van der Waals surface area contributed by atoms with Gasteiger partial charge in [-0.05, 0) is 60.6 Å². The van der Waals surface area contributed by atoms with E-state index in [0.717, 1.165) is 17.5 Å². The highest BCUT2D eigenvalue weighted by Gasteiger charge is 2.43. The molecular formula is C26H34N2O7. The molecule has 6 N–H and O–H groups in total. The van der Waals surface area contributed by atoms with E-state index < -0.39 is 30.5 Å². The van der Waals surface area contributed by atoms with Crippen LogP contribution < -0.4 is 10.6 Å². The number of aliphatic hydroxyl groups is 4. The van der Waals surface area contributed by atoms with E-state index in [1.54, 1.807) is 38.4 Å². The molecule has 0 bridgehead atoms.